The molecule has 0 radical (unpaired) electrons. The Morgan fingerprint density at radius 1 is 1.28 bits per heavy atom. The van der Waals surface area contributed by atoms with Crippen LogP contribution >= 0.6 is 11.6 Å². The van der Waals surface area contributed by atoms with Crippen LogP contribution in [0.1, 0.15) is 24.2 Å². The number of ether oxygens (including phenoxy) is 1. The summed E-state index contributed by atoms with van der Waals surface area (Å²) in [6.45, 7) is 1.57. The maximum atomic E-state index is 6.06. The van der Waals surface area contributed by atoms with E-state index in [0.29, 0.717) is 11.6 Å². The van der Waals surface area contributed by atoms with Gasteiger partial charge in [-0.25, -0.2) is 4.98 Å². The van der Waals surface area contributed by atoms with Gasteiger partial charge in [-0.2, -0.15) is 0 Å². The second kappa shape index (κ2) is 5.02. The van der Waals surface area contributed by atoms with Gasteiger partial charge in [0, 0.05) is 12.2 Å². The van der Waals surface area contributed by atoms with E-state index in [9.17, 15) is 0 Å². The molecule has 1 aliphatic rings. The summed E-state index contributed by atoms with van der Waals surface area (Å²) >= 11 is 6.06. The highest BCUT2D eigenvalue weighted by Crippen LogP contribution is 2.25. The van der Waals surface area contributed by atoms with E-state index in [1.54, 1.807) is 0 Å². The summed E-state index contributed by atoms with van der Waals surface area (Å²) in [5.74, 6) is 0.719. The van der Waals surface area contributed by atoms with Crippen LogP contribution in [0.3, 0.4) is 0 Å². The van der Waals surface area contributed by atoms with Crippen molar-refractivity contribution in [1.82, 2.24) is 9.55 Å². The number of imidazole rings is 1. The number of nitrogens with zero attached hydrogens (tertiary/aromatic N) is 2. The third-order valence-electron chi connectivity index (χ3n) is 3.30. The minimum Gasteiger partial charge on any atom is -0.486 e. The second-order valence-electron chi connectivity index (χ2n) is 4.51. The standard InChI is InChI=1S/C14H15ClN2O/c15-11-5-1-2-7-14(11)18-9-12-13-6-3-4-8-17(13)10-16-12/h1-2,5,7,10H,3-4,6,8-9H2. The van der Waals surface area contributed by atoms with Crippen molar-refractivity contribution in [1.29, 1.82) is 0 Å². The first-order valence-electron chi connectivity index (χ1n) is 6.25. The molecule has 3 rings (SSSR count). The van der Waals surface area contributed by atoms with Crippen LogP contribution in [0.4, 0.5) is 0 Å². The molecule has 0 unspecified atom stereocenters. The maximum Gasteiger partial charge on any atom is 0.138 e. The van der Waals surface area contributed by atoms with Gasteiger partial charge < -0.3 is 9.30 Å². The zero-order valence-corrected chi connectivity index (χ0v) is 10.9. The monoisotopic (exact) mass is 262 g/mol. The fourth-order valence-corrected chi connectivity index (χ4v) is 2.52. The van der Waals surface area contributed by atoms with Crippen molar-refractivity contribution in [2.45, 2.75) is 32.4 Å². The molecule has 0 aliphatic carbocycles. The zero-order valence-electron chi connectivity index (χ0n) is 10.1. The Bertz CT molecular complexity index is 550. The molecular formula is C14H15ClN2O. The highest BCUT2D eigenvalue weighted by atomic mass is 35.5. The molecule has 1 aromatic carbocycles. The first-order chi connectivity index (χ1) is 8.84. The predicted octanol–water partition coefficient (Wildman–Crippen LogP) is 3.45. The summed E-state index contributed by atoms with van der Waals surface area (Å²) in [7, 11) is 0. The lowest BCUT2D eigenvalue weighted by Gasteiger charge is -2.15. The van der Waals surface area contributed by atoms with Gasteiger partial charge in [-0.3, -0.25) is 0 Å². The van der Waals surface area contributed by atoms with Crippen LogP contribution in [-0.4, -0.2) is 9.55 Å². The van der Waals surface area contributed by atoms with Crippen LogP contribution < -0.4 is 4.74 Å². The van der Waals surface area contributed by atoms with E-state index in [4.69, 9.17) is 16.3 Å². The third kappa shape index (κ3) is 2.23. The molecule has 0 bridgehead atoms. The van der Waals surface area contributed by atoms with Crippen molar-refractivity contribution in [3.63, 3.8) is 0 Å². The van der Waals surface area contributed by atoms with Crippen molar-refractivity contribution in [3.05, 3.63) is 47.0 Å². The number of aromatic nitrogens is 2. The second-order valence-corrected chi connectivity index (χ2v) is 4.91. The maximum absolute atomic E-state index is 6.06. The fourth-order valence-electron chi connectivity index (χ4n) is 2.33. The van der Waals surface area contributed by atoms with Gasteiger partial charge in [0.25, 0.3) is 0 Å². The molecule has 0 spiro atoms. The van der Waals surface area contributed by atoms with Gasteiger partial charge in [0.1, 0.15) is 12.4 Å². The molecule has 1 aliphatic heterocycles. The molecule has 0 atom stereocenters. The molecule has 0 amide bonds. The number of rotatable bonds is 3. The van der Waals surface area contributed by atoms with Crippen molar-refractivity contribution < 1.29 is 4.74 Å². The number of para-hydroxylation sites is 1. The highest BCUT2D eigenvalue weighted by molar-refractivity contribution is 6.32. The molecule has 94 valence electrons. The van der Waals surface area contributed by atoms with Crippen molar-refractivity contribution >= 4 is 11.6 Å². The van der Waals surface area contributed by atoms with Crippen LogP contribution in [0.15, 0.2) is 30.6 Å². The van der Waals surface area contributed by atoms with Gasteiger partial charge in [0.05, 0.1) is 17.0 Å². The van der Waals surface area contributed by atoms with Crippen LogP contribution in [0.2, 0.25) is 5.02 Å². The number of aryl methyl sites for hydroxylation is 1. The molecule has 2 aromatic rings. The first kappa shape index (κ1) is 11.6. The quantitative estimate of drug-likeness (QED) is 0.847. The average Bonchev–Trinajstić information content (AvgIpc) is 2.81. The number of hydrogen-bond acceptors (Lipinski definition) is 2. The summed E-state index contributed by atoms with van der Waals surface area (Å²) in [5, 5.41) is 0.644. The van der Waals surface area contributed by atoms with Crippen LogP contribution in [0, 0.1) is 0 Å². The average molecular weight is 263 g/mol. The topological polar surface area (TPSA) is 27.1 Å². The van der Waals surface area contributed by atoms with Gasteiger partial charge in [0.15, 0.2) is 0 Å². The van der Waals surface area contributed by atoms with Crippen LogP contribution in [-0.2, 0) is 19.6 Å². The molecule has 3 nitrogen and oxygen atoms in total. The molecular weight excluding hydrogens is 248 g/mol. The lowest BCUT2D eigenvalue weighted by molar-refractivity contribution is 0.299. The van der Waals surface area contributed by atoms with Gasteiger partial charge >= 0.3 is 0 Å². The molecule has 0 N–H and O–H groups in total. The van der Waals surface area contributed by atoms with E-state index in [1.165, 1.54) is 18.5 Å². The third-order valence-corrected chi connectivity index (χ3v) is 3.61. The van der Waals surface area contributed by atoms with E-state index < -0.39 is 0 Å². The van der Waals surface area contributed by atoms with Crippen LogP contribution in [0.25, 0.3) is 0 Å². The summed E-state index contributed by atoms with van der Waals surface area (Å²) in [6, 6.07) is 7.53. The van der Waals surface area contributed by atoms with E-state index >= 15 is 0 Å². The smallest absolute Gasteiger partial charge is 0.138 e. The molecule has 4 heteroatoms. The SMILES string of the molecule is Clc1ccccc1OCc1ncn2c1CCCC2. The summed E-state index contributed by atoms with van der Waals surface area (Å²) in [4.78, 5) is 4.44. The summed E-state index contributed by atoms with van der Waals surface area (Å²) < 4.78 is 7.97. The van der Waals surface area contributed by atoms with Gasteiger partial charge in [-0.1, -0.05) is 23.7 Å². The van der Waals surface area contributed by atoms with Crippen LogP contribution in [0.5, 0.6) is 5.75 Å². The lowest BCUT2D eigenvalue weighted by atomic mass is 10.1. The Morgan fingerprint density at radius 3 is 3.06 bits per heavy atom. The van der Waals surface area contributed by atoms with E-state index in [0.717, 1.165) is 24.4 Å². The first-order valence-corrected chi connectivity index (χ1v) is 6.62. The van der Waals surface area contributed by atoms with Crippen molar-refractivity contribution in [2.24, 2.45) is 0 Å². The van der Waals surface area contributed by atoms with Gasteiger partial charge in [-0.15, -0.1) is 0 Å². The Kier molecular flexibility index (Phi) is 3.24. The molecule has 2 heterocycles. The Hall–Kier alpha value is -1.48. The molecule has 18 heavy (non-hydrogen) atoms. The lowest BCUT2D eigenvalue weighted by Crippen LogP contribution is -2.11. The number of hydrogen-bond donors (Lipinski definition) is 0. The Balaban J connectivity index is 1.74. The predicted molar refractivity (Wildman–Crippen MR) is 70.9 cm³/mol. The number of fused-ring (bicyclic) bond motifs is 1. The molecule has 0 saturated carbocycles. The molecule has 0 saturated heterocycles. The van der Waals surface area contributed by atoms with Crippen molar-refractivity contribution in [3.8, 4) is 5.75 Å². The Labute approximate surface area is 111 Å². The number of halogens is 1. The van der Waals surface area contributed by atoms with Gasteiger partial charge in [-0.05, 0) is 31.4 Å². The van der Waals surface area contributed by atoms with E-state index in [2.05, 4.69) is 9.55 Å². The Morgan fingerprint density at radius 2 is 2.17 bits per heavy atom. The highest BCUT2D eigenvalue weighted by Gasteiger charge is 2.15. The zero-order chi connectivity index (χ0) is 12.4. The molecule has 0 fully saturated rings. The van der Waals surface area contributed by atoms with Gasteiger partial charge in [0.2, 0.25) is 0 Å². The minimum absolute atomic E-state index is 0.492. The summed E-state index contributed by atoms with van der Waals surface area (Å²) in [6.07, 6.45) is 5.50. The molecule has 1 aromatic heterocycles. The largest absolute Gasteiger partial charge is 0.486 e. The van der Waals surface area contributed by atoms with Crippen molar-refractivity contribution in [2.75, 3.05) is 0 Å². The number of benzene rings is 1. The van der Waals surface area contributed by atoms with E-state index in [1.807, 2.05) is 30.6 Å². The summed E-state index contributed by atoms with van der Waals surface area (Å²) in [5.41, 5.74) is 2.35. The minimum atomic E-state index is 0.492. The van der Waals surface area contributed by atoms with E-state index in [-0.39, 0.29) is 0 Å². The normalized spacial score (nSPS) is 14.3. The fraction of sp³-hybridized carbons (Fsp3) is 0.357.